The van der Waals surface area contributed by atoms with Crippen molar-refractivity contribution < 1.29 is 14.4 Å². The van der Waals surface area contributed by atoms with E-state index in [-0.39, 0.29) is 11.7 Å². The molecule has 0 unspecified atom stereocenters. The molecule has 0 aromatic carbocycles. The molecule has 3 N–H and O–H groups in total. The first-order valence-electron chi connectivity index (χ1n) is 6.60. The van der Waals surface area contributed by atoms with E-state index < -0.39 is 11.9 Å². The molecule has 0 saturated carbocycles. The van der Waals surface area contributed by atoms with Gasteiger partial charge < -0.3 is 15.6 Å². The fourth-order valence-corrected chi connectivity index (χ4v) is 2.49. The maximum absolute atomic E-state index is 12.0. The van der Waals surface area contributed by atoms with Gasteiger partial charge in [0.05, 0.1) is 5.56 Å². The molecule has 0 saturated heterocycles. The predicted molar refractivity (Wildman–Crippen MR) is 83.2 cm³/mol. The number of anilines is 1. The lowest BCUT2D eigenvalue weighted by Crippen LogP contribution is -2.41. The third-order valence-corrected chi connectivity index (χ3v) is 3.79. The van der Waals surface area contributed by atoms with Crippen molar-refractivity contribution in [3.63, 3.8) is 0 Å². The summed E-state index contributed by atoms with van der Waals surface area (Å²) in [6, 6.07) is -0.730. The van der Waals surface area contributed by atoms with E-state index in [9.17, 15) is 14.4 Å². The maximum atomic E-state index is 12.0. The molecule has 116 valence electrons. The second-order valence-electron chi connectivity index (χ2n) is 4.83. The first-order valence-corrected chi connectivity index (χ1v) is 7.48. The molecule has 2 amide bonds. The van der Waals surface area contributed by atoms with Gasteiger partial charge in [-0.25, -0.2) is 4.98 Å². The Labute approximate surface area is 131 Å². The molecule has 1 atom stereocenters. The number of Topliss-reactive ketones (excluding diaryl/α,β-unsaturated/α-hetero) is 1. The normalized spacial score (nSPS) is 11.8. The Morgan fingerprint density at radius 2 is 2.05 bits per heavy atom. The zero-order valence-electron chi connectivity index (χ0n) is 12.4. The molecule has 0 aliphatic carbocycles. The summed E-state index contributed by atoms with van der Waals surface area (Å²) in [6.45, 7) is 4.78. The van der Waals surface area contributed by atoms with Gasteiger partial charge in [0.1, 0.15) is 11.7 Å². The van der Waals surface area contributed by atoms with Crippen LogP contribution in [0.25, 0.3) is 0 Å². The molecular weight excluding hydrogens is 304 g/mol. The van der Waals surface area contributed by atoms with Gasteiger partial charge in [0.2, 0.25) is 5.91 Å². The van der Waals surface area contributed by atoms with Crippen LogP contribution in [0.2, 0.25) is 0 Å². The number of aromatic nitrogens is 2. The van der Waals surface area contributed by atoms with Gasteiger partial charge in [0.25, 0.3) is 5.91 Å². The number of aryl methyl sites for hydroxylation is 1. The van der Waals surface area contributed by atoms with Crippen LogP contribution < -0.4 is 10.6 Å². The first kappa shape index (κ1) is 15.9. The second kappa shape index (κ2) is 6.52. The van der Waals surface area contributed by atoms with Crippen LogP contribution in [0.5, 0.6) is 0 Å². The molecule has 2 aromatic heterocycles. The summed E-state index contributed by atoms with van der Waals surface area (Å²) in [5, 5.41) is 7.09. The predicted octanol–water partition coefficient (Wildman–Crippen LogP) is 1.74. The van der Waals surface area contributed by atoms with E-state index in [0.717, 1.165) is 16.9 Å². The number of hydrogen-bond donors (Lipinski definition) is 3. The summed E-state index contributed by atoms with van der Waals surface area (Å²) >= 11 is 1.16. The maximum Gasteiger partial charge on any atom is 0.253 e. The van der Waals surface area contributed by atoms with Gasteiger partial charge in [-0.3, -0.25) is 14.4 Å². The van der Waals surface area contributed by atoms with E-state index in [1.807, 2.05) is 0 Å². The number of ketones is 1. The fraction of sp³-hybridized carbons (Fsp3) is 0.286. The van der Waals surface area contributed by atoms with E-state index >= 15 is 0 Å². The summed E-state index contributed by atoms with van der Waals surface area (Å²) in [5.41, 5.74) is 1.60. The van der Waals surface area contributed by atoms with Gasteiger partial charge in [-0.2, -0.15) is 0 Å². The van der Waals surface area contributed by atoms with Crippen molar-refractivity contribution in [3.8, 4) is 0 Å². The molecule has 22 heavy (non-hydrogen) atoms. The van der Waals surface area contributed by atoms with Crippen molar-refractivity contribution in [2.45, 2.75) is 26.8 Å². The van der Waals surface area contributed by atoms with E-state index in [2.05, 4.69) is 20.6 Å². The van der Waals surface area contributed by atoms with Crippen molar-refractivity contribution in [2.24, 2.45) is 0 Å². The van der Waals surface area contributed by atoms with Crippen LogP contribution in [-0.4, -0.2) is 33.6 Å². The summed E-state index contributed by atoms with van der Waals surface area (Å²) in [6.07, 6.45) is 3.29. The smallest absolute Gasteiger partial charge is 0.253 e. The lowest BCUT2D eigenvalue weighted by Gasteiger charge is -2.12. The molecule has 0 spiro atoms. The first-order chi connectivity index (χ1) is 10.4. The van der Waals surface area contributed by atoms with Crippen LogP contribution >= 0.6 is 11.3 Å². The SMILES string of the molecule is CC(=O)c1csc(NC(=O)[C@@H](C)NC(=O)c2c[nH]cc2C)n1. The van der Waals surface area contributed by atoms with Gasteiger partial charge in [0, 0.05) is 24.7 Å². The minimum absolute atomic E-state index is 0.166. The Morgan fingerprint density at radius 3 is 2.59 bits per heavy atom. The number of carbonyl (C=O) groups is 3. The standard InChI is InChI=1S/C14H16N4O3S/c1-7-4-15-5-10(7)13(21)16-8(2)12(20)18-14-17-11(6-22-14)9(3)19/h4-6,8,15H,1-3H3,(H,16,21)(H,17,18,20)/t8-/m1/s1. The van der Waals surface area contributed by atoms with Crippen molar-refractivity contribution >= 4 is 34.1 Å². The fourth-order valence-electron chi connectivity index (χ4n) is 1.73. The highest BCUT2D eigenvalue weighted by Crippen LogP contribution is 2.16. The molecule has 2 aromatic rings. The molecule has 8 heteroatoms. The average molecular weight is 320 g/mol. The number of carbonyl (C=O) groups excluding carboxylic acids is 3. The Hall–Kier alpha value is -2.48. The van der Waals surface area contributed by atoms with Crippen LogP contribution in [0, 0.1) is 6.92 Å². The summed E-state index contributed by atoms with van der Waals surface area (Å²) in [5.74, 6) is -0.892. The number of thiazole rings is 1. The second-order valence-corrected chi connectivity index (χ2v) is 5.69. The highest BCUT2D eigenvalue weighted by molar-refractivity contribution is 7.14. The monoisotopic (exact) mass is 320 g/mol. The highest BCUT2D eigenvalue weighted by atomic mass is 32.1. The van der Waals surface area contributed by atoms with Gasteiger partial charge >= 0.3 is 0 Å². The minimum atomic E-state index is -0.730. The van der Waals surface area contributed by atoms with Crippen LogP contribution in [0.3, 0.4) is 0 Å². The average Bonchev–Trinajstić information content (AvgIpc) is 3.07. The minimum Gasteiger partial charge on any atom is -0.367 e. The Bertz CT molecular complexity index is 719. The van der Waals surface area contributed by atoms with Crippen LogP contribution in [0.4, 0.5) is 5.13 Å². The van der Waals surface area contributed by atoms with Crippen LogP contribution in [0.1, 0.15) is 40.3 Å². The van der Waals surface area contributed by atoms with E-state index in [0.29, 0.717) is 16.4 Å². The van der Waals surface area contributed by atoms with Crippen LogP contribution in [-0.2, 0) is 4.79 Å². The number of amides is 2. The molecule has 2 rings (SSSR count). The van der Waals surface area contributed by atoms with E-state index in [1.165, 1.54) is 6.92 Å². The van der Waals surface area contributed by atoms with E-state index in [1.54, 1.807) is 31.6 Å². The number of nitrogens with one attached hydrogen (secondary N) is 3. The van der Waals surface area contributed by atoms with Crippen molar-refractivity contribution in [2.75, 3.05) is 5.32 Å². The number of rotatable bonds is 5. The van der Waals surface area contributed by atoms with Crippen molar-refractivity contribution in [3.05, 3.63) is 34.6 Å². The quantitative estimate of drug-likeness (QED) is 0.730. The summed E-state index contributed by atoms with van der Waals surface area (Å²) < 4.78 is 0. The number of nitrogens with zero attached hydrogens (tertiary/aromatic N) is 1. The zero-order chi connectivity index (χ0) is 16.3. The Morgan fingerprint density at radius 1 is 1.32 bits per heavy atom. The lowest BCUT2D eigenvalue weighted by atomic mass is 10.2. The third kappa shape index (κ3) is 3.59. The molecule has 0 radical (unpaired) electrons. The number of aromatic amines is 1. The summed E-state index contributed by atoms with van der Waals surface area (Å²) in [4.78, 5) is 42.0. The highest BCUT2D eigenvalue weighted by Gasteiger charge is 2.19. The van der Waals surface area contributed by atoms with Crippen LogP contribution in [0.15, 0.2) is 17.8 Å². The van der Waals surface area contributed by atoms with Gasteiger partial charge in [-0.15, -0.1) is 11.3 Å². The molecular formula is C14H16N4O3S. The van der Waals surface area contributed by atoms with Gasteiger partial charge in [-0.1, -0.05) is 0 Å². The van der Waals surface area contributed by atoms with Gasteiger partial charge in [0.15, 0.2) is 10.9 Å². The summed E-state index contributed by atoms with van der Waals surface area (Å²) in [7, 11) is 0. The van der Waals surface area contributed by atoms with Gasteiger partial charge in [-0.05, 0) is 19.4 Å². The topological polar surface area (TPSA) is 104 Å². The number of hydrogen-bond acceptors (Lipinski definition) is 5. The molecule has 0 bridgehead atoms. The Balaban J connectivity index is 1.95. The zero-order valence-corrected chi connectivity index (χ0v) is 13.2. The van der Waals surface area contributed by atoms with Crippen molar-refractivity contribution in [1.82, 2.24) is 15.3 Å². The number of H-pyrrole nitrogens is 1. The van der Waals surface area contributed by atoms with E-state index in [4.69, 9.17) is 0 Å². The third-order valence-electron chi connectivity index (χ3n) is 3.03. The molecule has 0 fully saturated rings. The largest absolute Gasteiger partial charge is 0.367 e. The molecule has 7 nitrogen and oxygen atoms in total. The molecule has 0 aliphatic heterocycles. The molecule has 0 aliphatic rings. The lowest BCUT2D eigenvalue weighted by molar-refractivity contribution is -0.117. The Kier molecular flexibility index (Phi) is 4.71. The molecule has 2 heterocycles. The van der Waals surface area contributed by atoms with Crippen molar-refractivity contribution in [1.29, 1.82) is 0 Å².